The quantitative estimate of drug-likeness (QED) is 0.530. The van der Waals surface area contributed by atoms with Crippen LogP contribution in [0.1, 0.15) is 12.8 Å². The maximum absolute atomic E-state index is 10.4. The van der Waals surface area contributed by atoms with Crippen molar-refractivity contribution in [3.8, 4) is 0 Å². The molecule has 1 aromatic carbocycles. The van der Waals surface area contributed by atoms with E-state index in [0.717, 1.165) is 18.8 Å². The lowest BCUT2D eigenvalue weighted by atomic mass is 10.2. The molecule has 0 aliphatic carbocycles. The molecule has 0 aromatic heterocycles. The van der Waals surface area contributed by atoms with E-state index in [4.69, 9.17) is 0 Å². The van der Waals surface area contributed by atoms with Crippen molar-refractivity contribution in [1.82, 2.24) is 0 Å². The van der Waals surface area contributed by atoms with Crippen LogP contribution in [0.4, 0.5) is 11.4 Å². The smallest absolute Gasteiger partial charge is 0.277 e. The molecule has 4 heteroatoms. The standard InChI is InChI=1S/C10H11N2O2/c13-12(14)10-5-3-9(4-6-10)11-7-1-2-8-11/h3-5H,1-2,7-8H2. The Morgan fingerprint density at radius 1 is 1.36 bits per heavy atom. The molecule has 4 nitrogen and oxygen atoms in total. The van der Waals surface area contributed by atoms with Gasteiger partial charge in [0.25, 0.3) is 5.69 Å². The van der Waals surface area contributed by atoms with Gasteiger partial charge in [-0.05, 0) is 25.0 Å². The first kappa shape index (κ1) is 8.99. The van der Waals surface area contributed by atoms with Crippen molar-refractivity contribution in [3.05, 3.63) is 34.4 Å². The minimum atomic E-state index is -0.423. The van der Waals surface area contributed by atoms with Crippen LogP contribution in [0.2, 0.25) is 0 Å². The van der Waals surface area contributed by atoms with Crippen LogP contribution in [0.3, 0.4) is 0 Å². The zero-order chi connectivity index (χ0) is 9.97. The van der Waals surface area contributed by atoms with E-state index in [-0.39, 0.29) is 5.69 Å². The van der Waals surface area contributed by atoms with Gasteiger partial charge in [-0.25, -0.2) is 0 Å². The molecule has 1 aliphatic rings. The molecular formula is C10H11N2O2. The van der Waals surface area contributed by atoms with Crippen LogP contribution in [-0.2, 0) is 0 Å². The Bertz CT molecular complexity index is 328. The van der Waals surface area contributed by atoms with Gasteiger partial charge in [0.2, 0.25) is 0 Å². The SMILES string of the molecule is O=[N+]([O-])c1[c]cc(N2CCCC2)cc1. The van der Waals surface area contributed by atoms with E-state index in [1.807, 2.05) is 0 Å². The number of hydrogen-bond donors (Lipinski definition) is 0. The van der Waals surface area contributed by atoms with Crippen LogP contribution < -0.4 is 4.90 Å². The van der Waals surface area contributed by atoms with Gasteiger partial charge in [0.1, 0.15) is 0 Å². The Balaban J connectivity index is 2.16. The number of anilines is 1. The van der Waals surface area contributed by atoms with Crippen LogP contribution in [0, 0.1) is 16.2 Å². The van der Waals surface area contributed by atoms with Crippen LogP contribution in [0.5, 0.6) is 0 Å². The number of hydrogen-bond acceptors (Lipinski definition) is 3. The molecule has 0 saturated carbocycles. The molecule has 0 spiro atoms. The molecule has 1 aliphatic heterocycles. The van der Waals surface area contributed by atoms with E-state index in [9.17, 15) is 10.1 Å². The zero-order valence-electron chi connectivity index (χ0n) is 7.77. The molecule has 14 heavy (non-hydrogen) atoms. The molecule has 0 unspecified atom stereocenters. The highest BCUT2D eigenvalue weighted by Crippen LogP contribution is 2.22. The first-order chi connectivity index (χ1) is 6.77. The summed E-state index contributed by atoms with van der Waals surface area (Å²) >= 11 is 0. The van der Waals surface area contributed by atoms with E-state index in [2.05, 4.69) is 11.0 Å². The summed E-state index contributed by atoms with van der Waals surface area (Å²) in [6.45, 7) is 2.09. The molecule has 0 atom stereocenters. The fourth-order valence-electron chi connectivity index (χ4n) is 1.69. The van der Waals surface area contributed by atoms with Crippen LogP contribution in [0.15, 0.2) is 18.2 Å². The lowest BCUT2D eigenvalue weighted by Gasteiger charge is -2.16. The number of rotatable bonds is 2. The van der Waals surface area contributed by atoms with Crippen molar-refractivity contribution < 1.29 is 4.92 Å². The second-order valence-electron chi connectivity index (χ2n) is 3.38. The highest BCUT2D eigenvalue weighted by molar-refractivity contribution is 5.50. The van der Waals surface area contributed by atoms with E-state index in [1.165, 1.54) is 18.9 Å². The van der Waals surface area contributed by atoms with Gasteiger partial charge in [0.05, 0.1) is 11.0 Å². The summed E-state index contributed by atoms with van der Waals surface area (Å²) < 4.78 is 0. The largest absolute Gasteiger partial charge is 0.372 e. The molecular weight excluding hydrogens is 180 g/mol. The van der Waals surface area contributed by atoms with Gasteiger partial charge >= 0.3 is 0 Å². The topological polar surface area (TPSA) is 46.4 Å². The van der Waals surface area contributed by atoms with Crippen LogP contribution in [0.25, 0.3) is 0 Å². The zero-order valence-corrected chi connectivity index (χ0v) is 7.77. The summed E-state index contributed by atoms with van der Waals surface area (Å²) in [4.78, 5) is 12.2. The highest BCUT2D eigenvalue weighted by atomic mass is 16.6. The third-order valence-corrected chi connectivity index (χ3v) is 2.45. The first-order valence-corrected chi connectivity index (χ1v) is 4.68. The summed E-state index contributed by atoms with van der Waals surface area (Å²) in [7, 11) is 0. The van der Waals surface area contributed by atoms with E-state index >= 15 is 0 Å². The van der Waals surface area contributed by atoms with Crippen molar-refractivity contribution in [1.29, 1.82) is 0 Å². The summed E-state index contributed by atoms with van der Waals surface area (Å²) in [5.41, 5.74) is 1.07. The molecule has 1 radical (unpaired) electrons. The molecule has 73 valence electrons. The Kier molecular flexibility index (Phi) is 2.35. The fourth-order valence-corrected chi connectivity index (χ4v) is 1.69. The maximum atomic E-state index is 10.4. The Morgan fingerprint density at radius 3 is 2.57 bits per heavy atom. The second kappa shape index (κ2) is 3.65. The van der Waals surface area contributed by atoms with Crippen LogP contribution >= 0.6 is 0 Å². The molecule has 0 N–H and O–H groups in total. The van der Waals surface area contributed by atoms with Crippen molar-refractivity contribution in [3.63, 3.8) is 0 Å². The lowest BCUT2D eigenvalue weighted by Crippen LogP contribution is -2.17. The molecule has 1 saturated heterocycles. The normalized spacial score (nSPS) is 15.9. The minimum Gasteiger partial charge on any atom is -0.372 e. The number of nitrogens with zero attached hydrogens (tertiary/aromatic N) is 2. The molecule has 1 heterocycles. The Labute approximate surface area is 82.3 Å². The summed E-state index contributed by atoms with van der Waals surface area (Å²) in [6, 6.07) is 7.67. The van der Waals surface area contributed by atoms with Gasteiger partial charge in [-0.15, -0.1) is 0 Å². The van der Waals surface area contributed by atoms with Gasteiger partial charge in [0.15, 0.2) is 0 Å². The third-order valence-electron chi connectivity index (χ3n) is 2.45. The van der Waals surface area contributed by atoms with Gasteiger partial charge in [-0.1, -0.05) is 0 Å². The van der Waals surface area contributed by atoms with Crippen LogP contribution in [-0.4, -0.2) is 18.0 Å². The average Bonchev–Trinajstić information content (AvgIpc) is 2.71. The summed E-state index contributed by atoms with van der Waals surface area (Å²) in [6.07, 6.45) is 2.41. The van der Waals surface area contributed by atoms with Crippen molar-refractivity contribution >= 4 is 11.4 Å². The van der Waals surface area contributed by atoms with Crippen molar-refractivity contribution in [2.24, 2.45) is 0 Å². The maximum Gasteiger partial charge on any atom is 0.277 e. The number of nitro groups is 1. The van der Waals surface area contributed by atoms with Gasteiger partial charge in [-0.2, -0.15) is 0 Å². The van der Waals surface area contributed by atoms with Gasteiger partial charge in [0, 0.05) is 24.8 Å². The van der Waals surface area contributed by atoms with E-state index in [0.29, 0.717) is 0 Å². The highest BCUT2D eigenvalue weighted by Gasteiger charge is 2.13. The third kappa shape index (κ3) is 1.69. The molecule has 2 rings (SSSR count). The minimum absolute atomic E-state index is 0.0351. The van der Waals surface area contributed by atoms with Gasteiger partial charge < -0.3 is 4.90 Å². The lowest BCUT2D eigenvalue weighted by molar-refractivity contribution is -0.385. The second-order valence-corrected chi connectivity index (χ2v) is 3.38. The predicted octanol–water partition coefficient (Wildman–Crippen LogP) is 2.00. The Hall–Kier alpha value is -1.58. The van der Waals surface area contributed by atoms with E-state index < -0.39 is 4.92 Å². The van der Waals surface area contributed by atoms with E-state index in [1.54, 1.807) is 12.1 Å². The number of nitro benzene ring substituents is 1. The number of non-ortho nitro benzene ring substituents is 1. The number of benzene rings is 1. The summed E-state index contributed by atoms with van der Waals surface area (Å²) in [5, 5.41) is 10.4. The van der Waals surface area contributed by atoms with Gasteiger partial charge in [-0.3, -0.25) is 10.1 Å². The Morgan fingerprint density at radius 2 is 2.07 bits per heavy atom. The average molecular weight is 191 g/mol. The summed E-state index contributed by atoms with van der Waals surface area (Å²) in [5.74, 6) is 0. The van der Waals surface area contributed by atoms with Crippen molar-refractivity contribution in [2.75, 3.05) is 18.0 Å². The molecule has 0 bridgehead atoms. The molecule has 1 aromatic rings. The molecule has 1 fully saturated rings. The first-order valence-electron chi connectivity index (χ1n) is 4.68. The predicted molar refractivity (Wildman–Crippen MR) is 53.4 cm³/mol. The molecule has 0 amide bonds. The fraction of sp³-hybridized carbons (Fsp3) is 0.400. The monoisotopic (exact) mass is 191 g/mol. The van der Waals surface area contributed by atoms with Crippen molar-refractivity contribution in [2.45, 2.75) is 12.8 Å².